The molecule has 0 aliphatic heterocycles. The summed E-state index contributed by atoms with van der Waals surface area (Å²) in [5.41, 5.74) is 0. The van der Waals surface area contributed by atoms with Crippen LogP contribution in [0.2, 0.25) is 0 Å². The Kier molecular flexibility index (Phi) is 48.1. The summed E-state index contributed by atoms with van der Waals surface area (Å²) in [7, 11) is 0. The Labute approximate surface area is 380 Å². The molecule has 0 heterocycles. The van der Waals surface area contributed by atoms with Crippen molar-refractivity contribution in [3.8, 4) is 0 Å². The van der Waals surface area contributed by atoms with Gasteiger partial charge in [0.15, 0.2) is 6.10 Å². The van der Waals surface area contributed by atoms with Crippen molar-refractivity contribution in [2.24, 2.45) is 5.92 Å². The van der Waals surface area contributed by atoms with Crippen molar-refractivity contribution < 1.29 is 28.6 Å². The second kappa shape index (κ2) is 49.4. The number of ether oxygens (including phenoxy) is 3. The van der Waals surface area contributed by atoms with Gasteiger partial charge in [-0.1, -0.05) is 272 Å². The SMILES string of the molecule is CCCCCCCCCCCCCCCCCCCCCC(=O)OC[C@H](COC(=O)CCCCCCCCCCCCC(C)CC)OC(=O)CCCCCCCCCCCC. The summed E-state index contributed by atoms with van der Waals surface area (Å²) in [6, 6.07) is 0. The molecule has 61 heavy (non-hydrogen) atoms. The molecule has 6 heteroatoms. The van der Waals surface area contributed by atoms with Crippen LogP contribution in [0.3, 0.4) is 0 Å². The molecule has 2 atom stereocenters. The van der Waals surface area contributed by atoms with E-state index in [1.165, 1.54) is 205 Å². The minimum atomic E-state index is -0.760. The van der Waals surface area contributed by atoms with E-state index < -0.39 is 6.10 Å². The molecule has 0 aromatic heterocycles. The average Bonchev–Trinajstić information content (AvgIpc) is 3.26. The van der Waals surface area contributed by atoms with Crippen LogP contribution in [0.4, 0.5) is 0 Å². The predicted octanol–water partition coefficient (Wildman–Crippen LogP) is 17.8. The summed E-state index contributed by atoms with van der Waals surface area (Å²) in [5, 5.41) is 0. The lowest BCUT2D eigenvalue weighted by atomic mass is 9.99. The summed E-state index contributed by atoms with van der Waals surface area (Å²) in [5.74, 6) is 0.0266. The number of hydrogen-bond donors (Lipinski definition) is 0. The molecular formula is C55H106O6. The summed E-state index contributed by atoms with van der Waals surface area (Å²) in [4.78, 5) is 38.0. The third kappa shape index (κ3) is 47.7. The topological polar surface area (TPSA) is 78.9 Å². The van der Waals surface area contributed by atoms with Crippen LogP contribution in [-0.2, 0) is 28.6 Å². The third-order valence-corrected chi connectivity index (χ3v) is 12.9. The van der Waals surface area contributed by atoms with Gasteiger partial charge in [0.25, 0.3) is 0 Å². The fourth-order valence-corrected chi connectivity index (χ4v) is 8.36. The van der Waals surface area contributed by atoms with Gasteiger partial charge in [0.1, 0.15) is 13.2 Å². The van der Waals surface area contributed by atoms with Gasteiger partial charge in [-0.3, -0.25) is 14.4 Å². The molecule has 1 unspecified atom stereocenters. The van der Waals surface area contributed by atoms with Crippen molar-refractivity contribution >= 4 is 17.9 Å². The zero-order valence-electron chi connectivity index (χ0n) is 41.6. The Hall–Kier alpha value is -1.59. The van der Waals surface area contributed by atoms with Gasteiger partial charge >= 0.3 is 17.9 Å². The molecule has 0 N–H and O–H groups in total. The largest absolute Gasteiger partial charge is 0.462 e. The highest BCUT2D eigenvalue weighted by Gasteiger charge is 2.19. The highest BCUT2D eigenvalue weighted by molar-refractivity contribution is 5.71. The maximum Gasteiger partial charge on any atom is 0.306 e. The second-order valence-electron chi connectivity index (χ2n) is 19.1. The minimum Gasteiger partial charge on any atom is -0.462 e. The standard InChI is InChI=1S/C55H106O6/c1-5-8-10-12-14-16-18-19-20-21-22-23-24-25-26-31-34-38-42-46-53(56)59-49-52(61-55(58)48-44-40-36-30-17-15-13-11-9-6-2)50-60-54(57)47-43-39-35-32-28-27-29-33-37-41-45-51(4)7-3/h51-52H,5-50H2,1-4H3/t51?,52-/m1/s1. The molecular weight excluding hydrogens is 757 g/mol. The Morgan fingerprint density at radius 2 is 0.574 bits per heavy atom. The molecule has 0 bridgehead atoms. The smallest absolute Gasteiger partial charge is 0.306 e. The number of carbonyl (C=O) groups is 3. The number of hydrogen-bond acceptors (Lipinski definition) is 6. The molecule has 0 aromatic carbocycles. The molecule has 0 aliphatic rings. The van der Waals surface area contributed by atoms with Gasteiger partial charge in [-0.05, 0) is 25.2 Å². The van der Waals surface area contributed by atoms with Crippen molar-refractivity contribution in [2.45, 2.75) is 316 Å². The number of unbranched alkanes of at least 4 members (excludes halogenated alkanes) is 36. The van der Waals surface area contributed by atoms with E-state index in [0.717, 1.165) is 63.7 Å². The molecule has 0 spiro atoms. The van der Waals surface area contributed by atoms with Gasteiger partial charge < -0.3 is 14.2 Å². The molecule has 0 rings (SSSR count). The maximum atomic E-state index is 12.8. The van der Waals surface area contributed by atoms with Crippen LogP contribution in [0.25, 0.3) is 0 Å². The van der Waals surface area contributed by atoms with Crippen molar-refractivity contribution in [2.75, 3.05) is 13.2 Å². The zero-order valence-corrected chi connectivity index (χ0v) is 41.6. The lowest BCUT2D eigenvalue weighted by Crippen LogP contribution is -2.30. The van der Waals surface area contributed by atoms with Crippen LogP contribution in [0.1, 0.15) is 310 Å². The molecule has 6 nitrogen and oxygen atoms in total. The van der Waals surface area contributed by atoms with Gasteiger partial charge in [-0.2, -0.15) is 0 Å². The van der Waals surface area contributed by atoms with E-state index in [-0.39, 0.29) is 31.1 Å². The first kappa shape index (κ1) is 59.4. The summed E-state index contributed by atoms with van der Waals surface area (Å²) < 4.78 is 16.8. The van der Waals surface area contributed by atoms with E-state index in [2.05, 4.69) is 27.7 Å². The summed E-state index contributed by atoms with van der Waals surface area (Å²) in [6.45, 7) is 9.05. The third-order valence-electron chi connectivity index (χ3n) is 12.9. The van der Waals surface area contributed by atoms with Gasteiger partial charge in [0, 0.05) is 19.3 Å². The van der Waals surface area contributed by atoms with Gasteiger partial charge in [0.05, 0.1) is 0 Å². The van der Waals surface area contributed by atoms with Crippen LogP contribution >= 0.6 is 0 Å². The number of carbonyl (C=O) groups excluding carboxylic acids is 3. The average molecular weight is 863 g/mol. The monoisotopic (exact) mass is 863 g/mol. The molecule has 0 aromatic rings. The lowest BCUT2D eigenvalue weighted by Gasteiger charge is -2.18. The summed E-state index contributed by atoms with van der Waals surface area (Å²) in [6.07, 6.45) is 52.3. The lowest BCUT2D eigenvalue weighted by molar-refractivity contribution is -0.167. The predicted molar refractivity (Wildman–Crippen MR) is 261 cm³/mol. The Balaban J connectivity index is 4.22. The Morgan fingerprint density at radius 1 is 0.328 bits per heavy atom. The Morgan fingerprint density at radius 3 is 0.852 bits per heavy atom. The molecule has 0 fully saturated rings. The summed E-state index contributed by atoms with van der Waals surface area (Å²) >= 11 is 0. The van der Waals surface area contributed by atoms with Gasteiger partial charge in [-0.25, -0.2) is 0 Å². The van der Waals surface area contributed by atoms with Crippen molar-refractivity contribution in [3.05, 3.63) is 0 Å². The molecule has 0 saturated carbocycles. The molecule has 362 valence electrons. The van der Waals surface area contributed by atoms with Crippen molar-refractivity contribution in [1.29, 1.82) is 0 Å². The van der Waals surface area contributed by atoms with Crippen LogP contribution < -0.4 is 0 Å². The highest BCUT2D eigenvalue weighted by atomic mass is 16.6. The normalized spacial score (nSPS) is 12.4. The van der Waals surface area contributed by atoms with E-state index in [9.17, 15) is 14.4 Å². The second-order valence-corrected chi connectivity index (χ2v) is 19.1. The molecule has 0 radical (unpaired) electrons. The zero-order chi connectivity index (χ0) is 44.5. The van der Waals surface area contributed by atoms with Crippen molar-refractivity contribution in [1.82, 2.24) is 0 Å². The maximum absolute atomic E-state index is 12.8. The van der Waals surface area contributed by atoms with Crippen LogP contribution in [0.15, 0.2) is 0 Å². The van der Waals surface area contributed by atoms with Crippen LogP contribution in [0.5, 0.6) is 0 Å². The first-order chi connectivity index (χ1) is 29.9. The minimum absolute atomic E-state index is 0.0626. The molecule has 0 saturated heterocycles. The van der Waals surface area contributed by atoms with Crippen LogP contribution in [-0.4, -0.2) is 37.2 Å². The highest BCUT2D eigenvalue weighted by Crippen LogP contribution is 2.18. The Bertz CT molecular complexity index is 920. The van der Waals surface area contributed by atoms with Crippen LogP contribution in [0, 0.1) is 5.92 Å². The van der Waals surface area contributed by atoms with Gasteiger partial charge in [0.2, 0.25) is 0 Å². The van der Waals surface area contributed by atoms with E-state index in [1.807, 2.05) is 0 Å². The fraction of sp³-hybridized carbons (Fsp3) is 0.945. The fourth-order valence-electron chi connectivity index (χ4n) is 8.36. The molecule has 0 amide bonds. The first-order valence-electron chi connectivity index (χ1n) is 27.4. The van der Waals surface area contributed by atoms with E-state index in [4.69, 9.17) is 14.2 Å². The molecule has 0 aliphatic carbocycles. The van der Waals surface area contributed by atoms with Gasteiger partial charge in [-0.15, -0.1) is 0 Å². The number of esters is 3. The quantitative estimate of drug-likeness (QED) is 0.0344. The van der Waals surface area contributed by atoms with E-state index in [1.54, 1.807) is 0 Å². The first-order valence-corrected chi connectivity index (χ1v) is 27.4. The van der Waals surface area contributed by atoms with Crippen molar-refractivity contribution in [3.63, 3.8) is 0 Å². The van der Waals surface area contributed by atoms with E-state index in [0.29, 0.717) is 19.3 Å². The van der Waals surface area contributed by atoms with E-state index >= 15 is 0 Å². The number of rotatable bonds is 50.